The molecule has 0 spiro atoms. The number of hydrogen-bond acceptors (Lipinski definition) is 4. The molecule has 1 aliphatic heterocycles. The minimum absolute atomic E-state index is 0.233. The number of aromatic nitrogens is 2. The summed E-state index contributed by atoms with van der Waals surface area (Å²) in [6.07, 6.45) is 4.26. The molecule has 0 radical (unpaired) electrons. The van der Waals surface area contributed by atoms with Crippen LogP contribution in [0.25, 0.3) is 0 Å². The quantitative estimate of drug-likeness (QED) is 0.815. The molecular formula is C17H21N3O3S. The fourth-order valence-electron chi connectivity index (χ4n) is 2.74. The van der Waals surface area contributed by atoms with Crippen molar-refractivity contribution in [2.24, 2.45) is 7.05 Å². The zero-order valence-corrected chi connectivity index (χ0v) is 14.5. The molecular weight excluding hydrogens is 326 g/mol. The van der Waals surface area contributed by atoms with E-state index in [0.717, 1.165) is 29.7 Å². The predicted octanol–water partition coefficient (Wildman–Crippen LogP) is 2.41. The maximum Gasteiger partial charge on any atom is 0.263 e. The van der Waals surface area contributed by atoms with Crippen LogP contribution in [0.5, 0.6) is 0 Å². The molecule has 0 bridgehead atoms. The van der Waals surface area contributed by atoms with Gasteiger partial charge in [-0.3, -0.25) is 9.40 Å². The molecule has 128 valence electrons. The van der Waals surface area contributed by atoms with Gasteiger partial charge in [0.25, 0.3) is 10.0 Å². The molecule has 6 nitrogen and oxygen atoms in total. The second-order valence-electron chi connectivity index (χ2n) is 5.78. The van der Waals surface area contributed by atoms with E-state index in [9.17, 15) is 8.42 Å². The molecule has 1 aliphatic rings. The highest BCUT2D eigenvalue weighted by Gasteiger charge is 2.24. The number of sulfonamides is 1. The van der Waals surface area contributed by atoms with E-state index in [1.54, 1.807) is 23.9 Å². The van der Waals surface area contributed by atoms with E-state index in [4.69, 9.17) is 4.74 Å². The van der Waals surface area contributed by atoms with Crippen molar-refractivity contribution in [3.63, 3.8) is 0 Å². The fraction of sp³-hybridized carbons (Fsp3) is 0.353. The molecule has 0 atom stereocenters. The van der Waals surface area contributed by atoms with Crippen LogP contribution >= 0.6 is 0 Å². The molecule has 0 saturated carbocycles. The summed E-state index contributed by atoms with van der Waals surface area (Å²) < 4.78 is 34.9. The Bertz CT molecular complexity index is 839. The van der Waals surface area contributed by atoms with E-state index in [1.807, 2.05) is 18.2 Å². The zero-order chi connectivity index (χ0) is 17.2. The number of allylic oxidation sites excluding steroid dienone is 1. The smallest absolute Gasteiger partial charge is 0.263 e. The van der Waals surface area contributed by atoms with Gasteiger partial charge in [-0.2, -0.15) is 5.10 Å². The monoisotopic (exact) mass is 347 g/mol. The van der Waals surface area contributed by atoms with Crippen LogP contribution < -0.4 is 4.72 Å². The van der Waals surface area contributed by atoms with Gasteiger partial charge in [0.2, 0.25) is 0 Å². The summed E-state index contributed by atoms with van der Waals surface area (Å²) in [6, 6.07) is 6.92. The van der Waals surface area contributed by atoms with Gasteiger partial charge in [-0.1, -0.05) is 18.2 Å². The Morgan fingerprint density at radius 2 is 2.12 bits per heavy atom. The van der Waals surface area contributed by atoms with Gasteiger partial charge in [-0.05, 0) is 30.5 Å². The number of fused-ring (bicyclic) bond motifs is 1. The van der Waals surface area contributed by atoms with Gasteiger partial charge in [-0.15, -0.1) is 6.58 Å². The van der Waals surface area contributed by atoms with Gasteiger partial charge in [-0.25, -0.2) is 8.42 Å². The maximum absolute atomic E-state index is 12.7. The van der Waals surface area contributed by atoms with E-state index in [-0.39, 0.29) is 4.90 Å². The Balaban J connectivity index is 1.84. The van der Waals surface area contributed by atoms with Crippen LogP contribution in [-0.2, 0) is 41.3 Å². The van der Waals surface area contributed by atoms with E-state index < -0.39 is 10.0 Å². The summed E-state index contributed by atoms with van der Waals surface area (Å²) in [4.78, 5) is 0.233. The summed E-state index contributed by atoms with van der Waals surface area (Å²) >= 11 is 0. The molecule has 0 amide bonds. The standard InChI is InChI=1S/C17H21N3O3S/c1-3-4-5-13-6-8-14(9-7-13)24(21,22)19-17-15-12-23-11-10-16(15)18-20(17)2/h3,6-9,19H,1,4-5,10-12H2,2H3. The van der Waals surface area contributed by atoms with E-state index in [1.165, 1.54) is 0 Å². The maximum atomic E-state index is 12.7. The van der Waals surface area contributed by atoms with Gasteiger partial charge in [0.1, 0.15) is 5.82 Å². The number of nitrogens with one attached hydrogen (secondary N) is 1. The molecule has 1 aromatic carbocycles. The molecule has 0 saturated heterocycles. The van der Waals surface area contributed by atoms with E-state index in [2.05, 4.69) is 16.4 Å². The van der Waals surface area contributed by atoms with Crippen molar-refractivity contribution < 1.29 is 13.2 Å². The van der Waals surface area contributed by atoms with Crippen LogP contribution in [0.2, 0.25) is 0 Å². The number of rotatable bonds is 6. The first-order valence-corrected chi connectivity index (χ1v) is 9.35. The van der Waals surface area contributed by atoms with Crippen molar-refractivity contribution in [1.29, 1.82) is 0 Å². The van der Waals surface area contributed by atoms with Crippen LogP contribution in [0.4, 0.5) is 5.82 Å². The van der Waals surface area contributed by atoms with Crippen molar-refractivity contribution in [3.8, 4) is 0 Å². The summed E-state index contributed by atoms with van der Waals surface area (Å²) in [5, 5.41) is 4.38. The molecule has 24 heavy (non-hydrogen) atoms. The third kappa shape index (κ3) is 3.37. The van der Waals surface area contributed by atoms with Crippen LogP contribution in [0.15, 0.2) is 41.8 Å². The molecule has 2 aromatic rings. The fourth-order valence-corrected chi connectivity index (χ4v) is 3.86. The van der Waals surface area contributed by atoms with E-state index >= 15 is 0 Å². The normalized spacial score (nSPS) is 14.2. The molecule has 0 fully saturated rings. The average Bonchev–Trinajstić information content (AvgIpc) is 2.89. The third-order valence-electron chi connectivity index (χ3n) is 4.06. The molecule has 0 aliphatic carbocycles. The summed E-state index contributed by atoms with van der Waals surface area (Å²) in [6.45, 7) is 4.68. The number of ether oxygens (including phenoxy) is 1. The minimum atomic E-state index is -3.66. The lowest BCUT2D eigenvalue weighted by Crippen LogP contribution is -2.17. The topological polar surface area (TPSA) is 73.2 Å². The van der Waals surface area contributed by atoms with Crippen LogP contribution in [-0.4, -0.2) is 24.8 Å². The molecule has 1 N–H and O–H groups in total. The Morgan fingerprint density at radius 3 is 2.83 bits per heavy atom. The largest absolute Gasteiger partial charge is 0.376 e. The Labute approximate surface area is 142 Å². The van der Waals surface area contributed by atoms with Gasteiger partial charge in [0.15, 0.2) is 0 Å². The first-order chi connectivity index (χ1) is 11.5. The first kappa shape index (κ1) is 16.7. The van der Waals surface area contributed by atoms with Crippen molar-refractivity contribution in [2.75, 3.05) is 11.3 Å². The van der Waals surface area contributed by atoms with E-state index in [0.29, 0.717) is 25.5 Å². The Morgan fingerprint density at radius 1 is 1.38 bits per heavy atom. The second kappa shape index (κ2) is 6.78. The predicted molar refractivity (Wildman–Crippen MR) is 92.3 cm³/mol. The highest BCUT2D eigenvalue weighted by Crippen LogP contribution is 2.26. The van der Waals surface area contributed by atoms with Crippen molar-refractivity contribution >= 4 is 15.8 Å². The van der Waals surface area contributed by atoms with Gasteiger partial charge >= 0.3 is 0 Å². The lowest BCUT2D eigenvalue weighted by molar-refractivity contribution is 0.110. The highest BCUT2D eigenvalue weighted by molar-refractivity contribution is 7.92. The number of nitrogens with zero attached hydrogens (tertiary/aromatic N) is 2. The molecule has 2 heterocycles. The summed E-state index contributed by atoms with van der Waals surface area (Å²) in [5.74, 6) is 0.473. The third-order valence-corrected chi connectivity index (χ3v) is 5.41. The Kier molecular flexibility index (Phi) is 4.73. The Hall–Kier alpha value is -2.12. The molecule has 7 heteroatoms. The molecule has 3 rings (SSSR count). The minimum Gasteiger partial charge on any atom is -0.376 e. The molecule has 0 unspecified atom stereocenters. The van der Waals surface area contributed by atoms with Crippen LogP contribution in [0, 0.1) is 0 Å². The second-order valence-corrected chi connectivity index (χ2v) is 7.46. The number of hydrogen-bond donors (Lipinski definition) is 1. The van der Waals surface area contributed by atoms with Crippen molar-refractivity contribution in [3.05, 3.63) is 53.7 Å². The van der Waals surface area contributed by atoms with Gasteiger partial charge in [0.05, 0.1) is 23.8 Å². The average molecular weight is 347 g/mol. The lowest BCUT2D eigenvalue weighted by atomic mass is 10.1. The molecule has 1 aromatic heterocycles. The summed E-state index contributed by atoms with van der Waals surface area (Å²) in [7, 11) is -1.93. The number of aryl methyl sites for hydroxylation is 2. The first-order valence-electron chi connectivity index (χ1n) is 7.86. The highest BCUT2D eigenvalue weighted by atomic mass is 32.2. The van der Waals surface area contributed by atoms with Crippen LogP contribution in [0.1, 0.15) is 23.2 Å². The SMILES string of the molecule is C=CCCc1ccc(S(=O)(=O)Nc2c3c(nn2C)CCOC3)cc1. The summed E-state index contributed by atoms with van der Waals surface area (Å²) in [5.41, 5.74) is 2.79. The number of benzene rings is 1. The van der Waals surface area contributed by atoms with Crippen LogP contribution in [0.3, 0.4) is 0 Å². The zero-order valence-electron chi connectivity index (χ0n) is 13.7. The number of anilines is 1. The van der Waals surface area contributed by atoms with Gasteiger partial charge in [0, 0.05) is 19.0 Å². The van der Waals surface area contributed by atoms with Crippen molar-refractivity contribution in [1.82, 2.24) is 9.78 Å². The van der Waals surface area contributed by atoms with Gasteiger partial charge < -0.3 is 4.74 Å². The lowest BCUT2D eigenvalue weighted by Gasteiger charge is -2.14. The van der Waals surface area contributed by atoms with Crippen molar-refractivity contribution in [2.45, 2.75) is 30.8 Å².